The van der Waals surface area contributed by atoms with E-state index in [1.165, 1.54) is 26.7 Å². The predicted octanol–water partition coefficient (Wildman–Crippen LogP) is 9.84. The van der Waals surface area contributed by atoms with Crippen molar-refractivity contribution in [1.82, 2.24) is 0 Å². The van der Waals surface area contributed by atoms with Crippen molar-refractivity contribution in [3.05, 3.63) is 23.3 Å². The van der Waals surface area contributed by atoms with Crippen molar-refractivity contribution in [3.8, 4) is 24.7 Å². The number of hydrogen-bond donors (Lipinski definition) is 1. The van der Waals surface area contributed by atoms with Gasteiger partial charge in [0.2, 0.25) is 0 Å². The number of oxime groups is 1. The van der Waals surface area contributed by atoms with Gasteiger partial charge in [-0.15, -0.1) is 12.8 Å². The molecule has 8 rings (SSSR count). The van der Waals surface area contributed by atoms with E-state index >= 15 is 0 Å². The first-order chi connectivity index (χ1) is 25.5. The molecule has 0 bridgehead atoms. The zero-order chi connectivity index (χ0) is 37.3. The number of hydrogen-bond acceptors (Lipinski definition) is 6. The zero-order valence-corrected chi connectivity index (χ0v) is 32.8. The lowest BCUT2D eigenvalue weighted by Gasteiger charge is -2.57. The first kappa shape index (κ1) is 37.0. The molecule has 286 valence electrons. The van der Waals surface area contributed by atoms with E-state index in [0.717, 1.165) is 108 Å². The summed E-state index contributed by atoms with van der Waals surface area (Å²) in [5.74, 6) is 10.8. The van der Waals surface area contributed by atoms with Crippen molar-refractivity contribution < 1.29 is 24.3 Å². The molecule has 8 aliphatic rings. The fraction of sp³-hybridized carbons (Fsp3) is 0.766. The van der Waals surface area contributed by atoms with Crippen LogP contribution in [0.3, 0.4) is 0 Å². The standard InChI is InChI=1S/C47H63NO5/c1-7-44-23-19-37-35-15-13-33(27-31(35)11-17-39(37)41(44)21-25-46(44,9-3)52-29(5)49)43(48-51)34-14-16-36-32(28-34)12-18-40-38(36)20-24-45(8-2)42(40)22-26-47(45,10-4)53-30(6)50/h3-4,27-28,33-42,51H,7-8,11-26H2,1-2,5-6H3/t33?,34?,35-,36-,37+,38+,39+,40+,41-,42-,44-,45-,46-,47-/m0/s1. The van der Waals surface area contributed by atoms with Crippen LogP contribution in [0.25, 0.3) is 0 Å². The molecule has 0 heterocycles. The van der Waals surface area contributed by atoms with Crippen LogP contribution in [-0.2, 0) is 19.1 Å². The lowest BCUT2D eigenvalue weighted by molar-refractivity contribution is -0.171. The SMILES string of the molecule is C#C[C@]1(OC(C)=O)CC[C@H]2[C@@H]3CCC4=CC(C(=NO)C5C=C6CC[C@@H]7[C@H](CC[C@@]8(CC)[C@H]7CC[C@]8(C#C)OC(C)=O)[C@H]6CC5)CC[C@@H]4[C@H]3CC[C@@]21CC. The van der Waals surface area contributed by atoms with Gasteiger partial charge in [0.1, 0.15) is 0 Å². The van der Waals surface area contributed by atoms with Crippen LogP contribution in [0.4, 0.5) is 0 Å². The number of allylic oxidation sites excluding steroid dienone is 4. The summed E-state index contributed by atoms with van der Waals surface area (Å²) < 4.78 is 12.1. The van der Waals surface area contributed by atoms with Crippen LogP contribution >= 0.6 is 0 Å². The molecule has 0 aromatic rings. The highest BCUT2D eigenvalue weighted by atomic mass is 16.6. The fourth-order valence-corrected chi connectivity index (χ4v) is 15.9. The number of carbonyl (C=O) groups excluding carboxylic acids is 2. The van der Waals surface area contributed by atoms with Gasteiger partial charge in [0.05, 0.1) is 5.71 Å². The third kappa shape index (κ3) is 5.30. The maximum Gasteiger partial charge on any atom is 0.304 e. The Morgan fingerprint density at radius 3 is 1.47 bits per heavy atom. The minimum atomic E-state index is -0.761. The van der Waals surface area contributed by atoms with Gasteiger partial charge in [0.25, 0.3) is 0 Å². The Hall–Kier alpha value is -2.99. The Bertz CT molecular complexity index is 1560. The molecular weight excluding hydrogens is 659 g/mol. The molecule has 6 nitrogen and oxygen atoms in total. The summed E-state index contributed by atoms with van der Waals surface area (Å²) in [5.41, 5.74) is 2.45. The Balaban J connectivity index is 0.964. The van der Waals surface area contributed by atoms with Crippen LogP contribution < -0.4 is 0 Å². The van der Waals surface area contributed by atoms with Crippen molar-refractivity contribution in [2.75, 3.05) is 0 Å². The van der Waals surface area contributed by atoms with E-state index in [0.29, 0.717) is 47.3 Å². The Kier molecular flexibility index (Phi) is 9.51. The van der Waals surface area contributed by atoms with Crippen LogP contribution in [0.1, 0.15) is 143 Å². The highest BCUT2D eigenvalue weighted by Crippen LogP contribution is 2.69. The van der Waals surface area contributed by atoms with Gasteiger partial charge < -0.3 is 14.7 Å². The third-order valence-electron chi connectivity index (χ3n) is 17.8. The Morgan fingerprint density at radius 2 is 1.11 bits per heavy atom. The summed E-state index contributed by atoms with van der Waals surface area (Å²) in [5, 5.41) is 14.7. The minimum absolute atomic E-state index is 0.112. The zero-order valence-electron chi connectivity index (χ0n) is 32.8. The number of fused-ring (bicyclic) bond motifs is 10. The molecule has 0 aliphatic heterocycles. The van der Waals surface area contributed by atoms with E-state index in [4.69, 9.17) is 22.3 Å². The quantitative estimate of drug-likeness (QED) is 0.0737. The molecular formula is C47H63NO5. The summed E-state index contributed by atoms with van der Waals surface area (Å²) in [6.07, 6.45) is 36.5. The van der Waals surface area contributed by atoms with Crippen molar-refractivity contribution in [2.24, 2.45) is 75.2 Å². The van der Waals surface area contributed by atoms with Gasteiger partial charge in [0, 0.05) is 36.5 Å². The average Bonchev–Trinajstić information content (AvgIpc) is 3.67. The van der Waals surface area contributed by atoms with Crippen molar-refractivity contribution >= 4 is 17.7 Å². The highest BCUT2D eigenvalue weighted by molar-refractivity contribution is 5.91. The van der Waals surface area contributed by atoms with Crippen LogP contribution in [0.5, 0.6) is 0 Å². The molecule has 6 fully saturated rings. The molecule has 0 spiro atoms. The summed E-state index contributed by atoms with van der Waals surface area (Å²) in [7, 11) is 0. The number of terminal acetylenes is 2. The maximum absolute atomic E-state index is 12.3. The molecule has 2 unspecified atom stereocenters. The first-order valence-corrected chi connectivity index (χ1v) is 21.5. The highest BCUT2D eigenvalue weighted by Gasteiger charge is 2.67. The van der Waals surface area contributed by atoms with Crippen molar-refractivity contribution in [3.63, 3.8) is 0 Å². The number of rotatable bonds is 6. The molecule has 14 atom stereocenters. The molecule has 0 aromatic heterocycles. The summed E-state index contributed by atoms with van der Waals surface area (Å²) >= 11 is 0. The van der Waals surface area contributed by atoms with Crippen molar-refractivity contribution in [1.29, 1.82) is 0 Å². The van der Waals surface area contributed by atoms with E-state index in [1.54, 1.807) is 11.1 Å². The van der Waals surface area contributed by atoms with E-state index in [9.17, 15) is 14.8 Å². The predicted molar refractivity (Wildman–Crippen MR) is 206 cm³/mol. The third-order valence-corrected chi connectivity index (χ3v) is 17.8. The monoisotopic (exact) mass is 721 g/mol. The number of nitrogens with zero attached hydrogens (tertiary/aromatic N) is 1. The van der Waals surface area contributed by atoms with Crippen LogP contribution in [-0.4, -0.2) is 34.1 Å². The van der Waals surface area contributed by atoms with E-state index < -0.39 is 11.2 Å². The van der Waals surface area contributed by atoms with Gasteiger partial charge in [-0.25, -0.2) is 0 Å². The molecule has 0 saturated heterocycles. The lowest BCUT2D eigenvalue weighted by atomic mass is 9.49. The summed E-state index contributed by atoms with van der Waals surface area (Å²) in [4.78, 5) is 24.5. The van der Waals surface area contributed by atoms with Crippen LogP contribution in [0.2, 0.25) is 0 Å². The van der Waals surface area contributed by atoms with Crippen LogP contribution in [0, 0.1) is 94.7 Å². The average molecular weight is 722 g/mol. The number of esters is 2. The Labute approximate surface area is 318 Å². The Morgan fingerprint density at radius 1 is 0.679 bits per heavy atom. The van der Waals surface area contributed by atoms with E-state index in [1.807, 2.05) is 0 Å². The van der Waals surface area contributed by atoms with Gasteiger partial charge in [0.15, 0.2) is 11.2 Å². The van der Waals surface area contributed by atoms with Gasteiger partial charge in [-0.2, -0.15) is 0 Å². The smallest absolute Gasteiger partial charge is 0.304 e. The van der Waals surface area contributed by atoms with E-state index in [2.05, 4.69) is 43.0 Å². The number of carbonyl (C=O) groups is 2. The molecule has 8 aliphatic carbocycles. The van der Waals surface area contributed by atoms with Gasteiger partial charge >= 0.3 is 11.9 Å². The van der Waals surface area contributed by atoms with Gasteiger partial charge in [-0.3, -0.25) is 9.59 Å². The fourth-order valence-electron chi connectivity index (χ4n) is 15.9. The molecule has 0 amide bonds. The van der Waals surface area contributed by atoms with Gasteiger partial charge in [-0.1, -0.05) is 54.1 Å². The topological polar surface area (TPSA) is 85.2 Å². The number of ether oxygens (including phenoxy) is 2. The molecule has 6 heteroatoms. The van der Waals surface area contributed by atoms with Gasteiger partial charge in [-0.05, 0) is 163 Å². The molecule has 1 N–H and O–H groups in total. The second-order valence-corrected chi connectivity index (χ2v) is 18.8. The van der Waals surface area contributed by atoms with Crippen molar-refractivity contribution in [2.45, 2.75) is 154 Å². The summed E-state index contributed by atoms with van der Waals surface area (Å²) in [6.45, 7) is 7.54. The second-order valence-electron chi connectivity index (χ2n) is 18.8. The molecule has 0 radical (unpaired) electrons. The lowest BCUT2D eigenvalue weighted by Crippen LogP contribution is -2.55. The normalized spacial score (nSPS) is 46.5. The minimum Gasteiger partial charge on any atom is -0.445 e. The molecule has 0 aromatic carbocycles. The first-order valence-electron chi connectivity index (χ1n) is 21.5. The molecule has 53 heavy (non-hydrogen) atoms. The molecule has 6 saturated carbocycles. The second kappa shape index (κ2) is 13.6. The van der Waals surface area contributed by atoms with Crippen LogP contribution in [0.15, 0.2) is 28.5 Å². The van der Waals surface area contributed by atoms with E-state index in [-0.39, 0.29) is 34.6 Å². The largest absolute Gasteiger partial charge is 0.445 e. The summed E-state index contributed by atoms with van der Waals surface area (Å²) in [6, 6.07) is 0. The maximum atomic E-state index is 12.3.